The van der Waals surface area contributed by atoms with E-state index in [1.807, 2.05) is 51.1 Å². The van der Waals surface area contributed by atoms with Crippen molar-refractivity contribution < 1.29 is 9.90 Å². The predicted molar refractivity (Wildman–Crippen MR) is 83.8 cm³/mol. The van der Waals surface area contributed by atoms with E-state index in [2.05, 4.69) is 10.1 Å². The summed E-state index contributed by atoms with van der Waals surface area (Å²) in [4.78, 5) is 18.1. The Balaban J connectivity index is 2.22. The van der Waals surface area contributed by atoms with Crippen LogP contribution in [0.3, 0.4) is 0 Å². The van der Waals surface area contributed by atoms with E-state index in [0.717, 1.165) is 5.69 Å². The summed E-state index contributed by atoms with van der Waals surface area (Å²) in [7, 11) is 1.66. The first-order valence-electron chi connectivity index (χ1n) is 7.19. The van der Waals surface area contributed by atoms with Gasteiger partial charge in [-0.1, -0.05) is 39.0 Å². The number of carbonyl (C=O) groups excluding carboxylic acids is 1. The lowest BCUT2D eigenvalue weighted by molar-refractivity contribution is 0.0423. The second-order valence-corrected chi connectivity index (χ2v) is 6.33. The third kappa shape index (κ3) is 3.33. The van der Waals surface area contributed by atoms with E-state index in [4.69, 9.17) is 0 Å². The molecule has 0 unspecified atom stereocenters. The molecular weight excluding hydrogens is 280 g/mol. The highest BCUT2D eigenvalue weighted by atomic mass is 16.3. The number of carbonyl (C=O) groups is 1. The lowest BCUT2D eigenvalue weighted by atomic mass is 9.86. The molecule has 0 aliphatic heterocycles. The van der Waals surface area contributed by atoms with Crippen molar-refractivity contribution in [1.82, 2.24) is 19.7 Å². The van der Waals surface area contributed by atoms with Crippen molar-refractivity contribution in [2.45, 2.75) is 26.8 Å². The average Bonchev–Trinajstić information content (AvgIpc) is 2.96. The molecule has 6 heteroatoms. The minimum Gasteiger partial charge on any atom is -0.394 e. The van der Waals surface area contributed by atoms with Crippen molar-refractivity contribution in [3.8, 4) is 5.69 Å². The summed E-state index contributed by atoms with van der Waals surface area (Å²) in [5.41, 5.74) is 0.604. The van der Waals surface area contributed by atoms with Gasteiger partial charge in [-0.25, -0.2) is 9.67 Å². The first-order chi connectivity index (χ1) is 10.3. The number of benzene rings is 1. The number of nitrogens with zero attached hydrogens (tertiary/aromatic N) is 4. The van der Waals surface area contributed by atoms with E-state index < -0.39 is 0 Å². The van der Waals surface area contributed by atoms with Crippen LogP contribution in [0.2, 0.25) is 0 Å². The number of aliphatic hydroxyl groups is 1. The van der Waals surface area contributed by atoms with Gasteiger partial charge in [-0.2, -0.15) is 0 Å². The molecule has 1 heterocycles. The SMILES string of the molecule is CN(C(=O)c1ncn(-c2ccccc2)n1)[C@@H](CO)C(C)(C)C. The van der Waals surface area contributed by atoms with Crippen LogP contribution in [-0.2, 0) is 0 Å². The standard InChI is InChI=1S/C16H22N4O2/c1-16(2,3)13(10-21)19(4)15(22)14-17-11-20(18-14)12-8-6-5-7-9-12/h5-9,11,13,21H,10H2,1-4H3/t13-/m0/s1. The van der Waals surface area contributed by atoms with Gasteiger partial charge < -0.3 is 10.0 Å². The molecule has 22 heavy (non-hydrogen) atoms. The fourth-order valence-electron chi connectivity index (χ4n) is 2.34. The Morgan fingerprint density at radius 3 is 2.50 bits per heavy atom. The lowest BCUT2D eigenvalue weighted by Crippen LogP contribution is -2.47. The summed E-state index contributed by atoms with van der Waals surface area (Å²) in [5.74, 6) is -0.183. The molecule has 0 aliphatic carbocycles. The quantitative estimate of drug-likeness (QED) is 0.934. The van der Waals surface area contributed by atoms with E-state index in [9.17, 15) is 9.90 Å². The fourth-order valence-corrected chi connectivity index (χ4v) is 2.34. The highest BCUT2D eigenvalue weighted by Crippen LogP contribution is 2.24. The first kappa shape index (κ1) is 16.2. The van der Waals surface area contributed by atoms with Crippen LogP contribution in [0.1, 0.15) is 31.4 Å². The van der Waals surface area contributed by atoms with Crippen LogP contribution in [-0.4, -0.2) is 50.4 Å². The Labute approximate surface area is 130 Å². The molecule has 0 saturated carbocycles. The summed E-state index contributed by atoms with van der Waals surface area (Å²) in [6, 6.07) is 9.17. The van der Waals surface area contributed by atoms with Gasteiger partial charge in [-0.3, -0.25) is 4.79 Å². The van der Waals surface area contributed by atoms with Gasteiger partial charge >= 0.3 is 0 Å². The molecule has 6 nitrogen and oxygen atoms in total. The highest BCUT2D eigenvalue weighted by Gasteiger charge is 2.32. The van der Waals surface area contributed by atoms with Crippen molar-refractivity contribution in [3.63, 3.8) is 0 Å². The molecule has 0 spiro atoms. The van der Waals surface area contributed by atoms with Crippen LogP contribution < -0.4 is 0 Å². The van der Waals surface area contributed by atoms with Gasteiger partial charge in [0.15, 0.2) is 0 Å². The topological polar surface area (TPSA) is 71.2 Å². The minimum atomic E-state index is -0.302. The second kappa shape index (κ2) is 6.27. The van der Waals surface area contributed by atoms with E-state index in [1.54, 1.807) is 11.7 Å². The van der Waals surface area contributed by atoms with Crippen LogP contribution in [0.5, 0.6) is 0 Å². The summed E-state index contributed by atoms with van der Waals surface area (Å²) in [6.45, 7) is 5.83. The molecule has 2 rings (SSSR count). The maximum Gasteiger partial charge on any atom is 0.293 e. The third-order valence-electron chi connectivity index (χ3n) is 3.66. The number of aliphatic hydroxyl groups excluding tert-OH is 1. The zero-order chi connectivity index (χ0) is 16.3. The third-order valence-corrected chi connectivity index (χ3v) is 3.66. The fraction of sp³-hybridized carbons (Fsp3) is 0.438. The minimum absolute atomic E-state index is 0.106. The Bertz CT molecular complexity index is 631. The number of likely N-dealkylation sites (N-methyl/N-ethyl adjacent to an activating group) is 1. The van der Waals surface area contributed by atoms with Gasteiger partial charge in [0, 0.05) is 7.05 Å². The zero-order valence-electron chi connectivity index (χ0n) is 13.4. The Morgan fingerprint density at radius 2 is 1.95 bits per heavy atom. The number of hydrogen-bond acceptors (Lipinski definition) is 4. The second-order valence-electron chi connectivity index (χ2n) is 6.33. The summed E-state index contributed by atoms with van der Waals surface area (Å²) in [5, 5.41) is 13.8. The molecule has 0 radical (unpaired) electrons. The monoisotopic (exact) mass is 302 g/mol. The lowest BCUT2D eigenvalue weighted by Gasteiger charge is -2.36. The normalized spacial score (nSPS) is 13.0. The molecule has 1 atom stereocenters. The molecule has 0 saturated heterocycles. The molecule has 2 aromatic rings. The Morgan fingerprint density at radius 1 is 1.32 bits per heavy atom. The van der Waals surface area contributed by atoms with Gasteiger partial charge in [0.25, 0.3) is 5.91 Å². The average molecular weight is 302 g/mol. The number of aromatic nitrogens is 3. The Kier molecular flexibility index (Phi) is 4.61. The van der Waals surface area contributed by atoms with Crippen LogP contribution in [0.4, 0.5) is 0 Å². The summed E-state index contributed by atoms with van der Waals surface area (Å²) < 4.78 is 1.56. The molecule has 1 aromatic heterocycles. The number of hydrogen-bond donors (Lipinski definition) is 1. The molecule has 118 valence electrons. The van der Waals surface area contributed by atoms with E-state index in [1.165, 1.54) is 11.2 Å². The van der Waals surface area contributed by atoms with Crippen molar-refractivity contribution in [1.29, 1.82) is 0 Å². The van der Waals surface area contributed by atoms with Gasteiger partial charge in [0.1, 0.15) is 6.33 Å². The molecule has 1 aromatic carbocycles. The van der Waals surface area contributed by atoms with E-state index >= 15 is 0 Å². The van der Waals surface area contributed by atoms with Crippen LogP contribution >= 0.6 is 0 Å². The van der Waals surface area contributed by atoms with Crippen molar-refractivity contribution in [2.75, 3.05) is 13.7 Å². The zero-order valence-corrected chi connectivity index (χ0v) is 13.4. The largest absolute Gasteiger partial charge is 0.394 e. The van der Waals surface area contributed by atoms with Gasteiger partial charge in [-0.05, 0) is 17.5 Å². The van der Waals surface area contributed by atoms with Gasteiger partial charge in [0.2, 0.25) is 5.82 Å². The summed E-state index contributed by atoms with van der Waals surface area (Å²) >= 11 is 0. The number of amides is 1. The summed E-state index contributed by atoms with van der Waals surface area (Å²) in [6.07, 6.45) is 1.52. The van der Waals surface area contributed by atoms with Crippen LogP contribution in [0, 0.1) is 5.41 Å². The van der Waals surface area contributed by atoms with Crippen molar-refractivity contribution in [3.05, 3.63) is 42.5 Å². The molecular formula is C16H22N4O2. The van der Waals surface area contributed by atoms with E-state index in [0.29, 0.717) is 0 Å². The van der Waals surface area contributed by atoms with Crippen molar-refractivity contribution in [2.24, 2.45) is 5.41 Å². The molecule has 1 N–H and O–H groups in total. The van der Waals surface area contributed by atoms with E-state index in [-0.39, 0.29) is 29.8 Å². The molecule has 0 bridgehead atoms. The highest BCUT2D eigenvalue weighted by molar-refractivity contribution is 5.90. The van der Waals surface area contributed by atoms with Crippen LogP contribution in [0.25, 0.3) is 5.69 Å². The Hall–Kier alpha value is -2.21. The first-order valence-corrected chi connectivity index (χ1v) is 7.19. The molecule has 1 amide bonds. The van der Waals surface area contributed by atoms with Crippen LogP contribution in [0.15, 0.2) is 36.7 Å². The molecule has 0 aliphatic rings. The predicted octanol–water partition coefficient (Wildman–Crippen LogP) is 1.75. The maximum absolute atomic E-state index is 12.5. The maximum atomic E-state index is 12.5. The van der Waals surface area contributed by atoms with Gasteiger partial charge in [-0.15, -0.1) is 5.10 Å². The smallest absolute Gasteiger partial charge is 0.293 e. The number of rotatable bonds is 4. The van der Waals surface area contributed by atoms with Gasteiger partial charge in [0.05, 0.1) is 18.3 Å². The van der Waals surface area contributed by atoms with Crippen molar-refractivity contribution >= 4 is 5.91 Å². The molecule has 0 fully saturated rings. The number of para-hydroxylation sites is 1.